The van der Waals surface area contributed by atoms with E-state index in [0.29, 0.717) is 0 Å². The van der Waals surface area contributed by atoms with E-state index < -0.39 is 0 Å². The molecule has 1 saturated heterocycles. The summed E-state index contributed by atoms with van der Waals surface area (Å²) >= 11 is 1.71. The number of anilines is 1. The summed E-state index contributed by atoms with van der Waals surface area (Å²) < 4.78 is 7.39. The third kappa shape index (κ3) is 2.60. The van der Waals surface area contributed by atoms with Gasteiger partial charge in [0, 0.05) is 33.0 Å². The number of nitrogens with zero attached hydrogens (tertiary/aromatic N) is 4. The van der Waals surface area contributed by atoms with Crippen molar-refractivity contribution in [3.63, 3.8) is 0 Å². The van der Waals surface area contributed by atoms with Crippen molar-refractivity contribution in [3.05, 3.63) is 41.1 Å². The standard InChI is InChI=1S/C19H19N5OS.H2/c1-23-18(24-5-7-25-8-6-24)11-17(22-23)19-15-10-13(14-4-9-26-12-14)2-3-16(15)20-21-19;/h2-4,9-12H,5-8H2,1H3,(H,20,21);1H. The van der Waals surface area contributed by atoms with Gasteiger partial charge in [0.05, 0.1) is 18.7 Å². The minimum atomic E-state index is 0. The zero-order valence-corrected chi connectivity index (χ0v) is 15.3. The van der Waals surface area contributed by atoms with Crippen molar-refractivity contribution in [2.75, 3.05) is 31.2 Å². The number of morpholine rings is 1. The monoisotopic (exact) mass is 367 g/mol. The maximum absolute atomic E-state index is 5.46. The van der Waals surface area contributed by atoms with Crippen LogP contribution in [0.5, 0.6) is 0 Å². The van der Waals surface area contributed by atoms with Gasteiger partial charge in [-0.15, -0.1) is 0 Å². The quantitative estimate of drug-likeness (QED) is 0.599. The van der Waals surface area contributed by atoms with Gasteiger partial charge in [-0.1, -0.05) is 6.07 Å². The van der Waals surface area contributed by atoms with Gasteiger partial charge in [-0.2, -0.15) is 21.5 Å². The summed E-state index contributed by atoms with van der Waals surface area (Å²) in [7, 11) is 1.99. The molecule has 7 heteroatoms. The highest BCUT2D eigenvalue weighted by Crippen LogP contribution is 2.32. The lowest BCUT2D eigenvalue weighted by Gasteiger charge is -2.28. The van der Waals surface area contributed by atoms with Crippen molar-refractivity contribution in [1.29, 1.82) is 0 Å². The minimum Gasteiger partial charge on any atom is -0.378 e. The molecule has 0 amide bonds. The van der Waals surface area contributed by atoms with Gasteiger partial charge in [0.25, 0.3) is 0 Å². The molecule has 26 heavy (non-hydrogen) atoms. The zero-order chi connectivity index (χ0) is 17.5. The number of aryl methyl sites for hydroxylation is 1. The van der Waals surface area contributed by atoms with Gasteiger partial charge in [0.2, 0.25) is 0 Å². The minimum absolute atomic E-state index is 0. The molecule has 0 unspecified atom stereocenters. The number of hydrogen-bond acceptors (Lipinski definition) is 5. The largest absolute Gasteiger partial charge is 0.378 e. The smallest absolute Gasteiger partial charge is 0.127 e. The van der Waals surface area contributed by atoms with Crippen LogP contribution in [0.25, 0.3) is 33.4 Å². The molecule has 0 bridgehead atoms. The second kappa shape index (κ2) is 6.26. The van der Waals surface area contributed by atoms with E-state index in [1.807, 2.05) is 11.7 Å². The Bertz CT molecular complexity index is 1050. The van der Waals surface area contributed by atoms with Crippen molar-refractivity contribution in [2.24, 2.45) is 7.05 Å². The third-order valence-electron chi connectivity index (χ3n) is 4.85. The van der Waals surface area contributed by atoms with E-state index in [1.165, 1.54) is 11.1 Å². The Labute approximate surface area is 156 Å². The normalized spacial score (nSPS) is 15.0. The summed E-state index contributed by atoms with van der Waals surface area (Å²) in [5.74, 6) is 1.11. The molecule has 0 saturated carbocycles. The summed E-state index contributed by atoms with van der Waals surface area (Å²) in [6.45, 7) is 3.30. The van der Waals surface area contributed by atoms with E-state index in [0.717, 1.165) is 54.4 Å². The number of hydrogen-bond donors (Lipinski definition) is 1. The maximum atomic E-state index is 5.46. The number of ether oxygens (including phenoxy) is 1. The van der Waals surface area contributed by atoms with Crippen molar-refractivity contribution < 1.29 is 6.16 Å². The molecule has 1 aliphatic heterocycles. The fraction of sp³-hybridized carbons (Fsp3) is 0.263. The van der Waals surface area contributed by atoms with Crippen LogP contribution in [0.15, 0.2) is 41.1 Å². The summed E-state index contributed by atoms with van der Waals surface area (Å²) in [5.41, 5.74) is 5.25. The molecule has 4 heterocycles. The molecular weight excluding hydrogens is 346 g/mol. The Morgan fingerprint density at radius 2 is 2.04 bits per heavy atom. The van der Waals surface area contributed by atoms with E-state index in [4.69, 9.17) is 9.84 Å². The van der Waals surface area contributed by atoms with Gasteiger partial charge in [0.1, 0.15) is 17.2 Å². The average Bonchev–Trinajstić information content (AvgIpc) is 3.41. The van der Waals surface area contributed by atoms with Crippen molar-refractivity contribution >= 4 is 28.1 Å². The number of rotatable bonds is 3. The van der Waals surface area contributed by atoms with Crippen molar-refractivity contribution in [3.8, 4) is 22.5 Å². The zero-order valence-electron chi connectivity index (χ0n) is 14.5. The molecule has 4 aromatic rings. The molecule has 1 fully saturated rings. The molecule has 6 nitrogen and oxygen atoms in total. The number of fused-ring (bicyclic) bond motifs is 1. The Balaban J connectivity index is 0.00000180. The second-order valence-electron chi connectivity index (χ2n) is 6.46. The molecule has 0 spiro atoms. The Kier molecular flexibility index (Phi) is 3.76. The second-order valence-corrected chi connectivity index (χ2v) is 7.24. The fourth-order valence-corrected chi connectivity index (χ4v) is 4.14. The maximum Gasteiger partial charge on any atom is 0.127 e. The van der Waals surface area contributed by atoms with Gasteiger partial charge in [-0.05, 0) is 40.1 Å². The number of aromatic amines is 1. The summed E-state index contributed by atoms with van der Waals surface area (Å²) in [6, 6.07) is 10.7. The molecule has 0 aliphatic carbocycles. The number of benzene rings is 1. The highest BCUT2D eigenvalue weighted by molar-refractivity contribution is 7.08. The molecule has 0 atom stereocenters. The highest BCUT2D eigenvalue weighted by Gasteiger charge is 2.19. The van der Waals surface area contributed by atoms with Gasteiger partial charge >= 0.3 is 0 Å². The Morgan fingerprint density at radius 1 is 1.15 bits per heavy atom. The van der Waals surface area contributed by atoms with Crippen LogP contribution in [0.3, 0.4) is 0 Å². The first-order chi connectivity index (χ1) is 12.8. The first-order valence-electron chi connectivity index (χ1n) is 8.67. The van der Waals surface area contributed by atoms with Crippen LogP contribution in [0.1, 0.15) is 1.43 Å². The molecular formula is C19H21N5OS. The van der Waals surface area contributed by atoms with Crippen LogP contribution in [0.4, 0.5) is 5.82 Å². The van der Waals surface area contributed by atoms with Crippen LogP contribution in [-0.2, 0) is 11.8 Å². The van der Waals surface area contributed by atoms with Gasteiger partial charge in [-0.3, -0.25) is 9.78 Å². The number of nitrogens with one attached hydrogen (secondary N) is 1. The SMILES string of the molecule is Cn1nc(-c2n[nH]c3ccc(-c4ccsc4)cc23)cc1N1CCOCC1.[HH]. The summed E-state index contributed by atoms with van der Waals surface area (Å²) in [6.07, 6.45) is 0. The lowest BCUT2D eigenvalue weighted by molar-refractivity contribution is 0.122. The molecule has 3 aromatic heterocycles. The van der Waals surface area contributed by atoms with Gasteiger partial charge < -0.3 is 9.64 Å². The van der Waals surface area contributed by atoms with Crippen LogP contribution in [0.2, 0.25) is 0 Å². The summed E-state index contributed by atoms with van der Waals surface area (Å²) in [4.78, 5) is 2.31. The molecule has 0 radical (unpaired) electrons. The Hall–Kier alpha value is -2.64. The van der Waals surface area contributed by atoms with Crippen LogP contribution < -0.4 is 4.90 Å². The van der Waals surface area contributed by atoms with E-state index in [1.54, 1.807) is 11.3 Å². The molecule has 5 rings (SSSR count). The van der Waals surface area contributed by atoms with Crippen molar-refractivity contribution in [2.45, 2.75) is 0 Å². The first-order valence-corrected chi connectivity index (χ1v) is 9.62. The highest BCUT2D eigenvalue weighted by atomic mass is 32.1. The third-order valence-corrected chi connectivity index (χ3v) is 5.53. The predicted molar refractivity (Wildman–Crippen MR) is 107 cm³/mol. The van der Waals surface area contributed by atoms with E-state index in [-0.39, 0.29) is 1.43 Å². The van der Waals surface area contributed by atoms with Crippen LogP contribution in [0, 0.1) is 0 Å². The van der Waals surface area contributed by atoms with Crippen molar-refractivity contribution in [1.82, 2.24) is 20.0 Å². The molecule has 1 N–H and O–H groups in total. The lowest BCUT2D eigenvalue weighted by atomic mass is 10.1. The number of aromatic nitrogens is 4. The van der Waals surface area contributed by atoms with E-state index in [9.17, 15) is 0 Å². The van der Waals surface area contributed by atoms with E-state index >= 15 is 0 Å². The van der Waals surface area contributed by atoms with Crippen LogP contribution in [-0.4, -0.2) is 46.3 Å². The van der Waals surface area contributed by atoms with E-state index in [2.05, 4.69) is 56.2 Å². The summed E-state index contributed by atoms with van der Waals surface area (Å²) in [5, 5.41) is 17.8. The molecule has 1 aliphatic rings. The van der Waals surface area contributed by atoms with Gasteiger partial charge in [0.15, 0.2) is 0 Å². The van der Waals surface area contributed by atoms with Gasteiger partial charge in [-0.25, -0.2) is 0 Å². The number of H-pyrrole nitrogens is 1. The lowest BCUT2D eigenvalue weighted by Crippen LogP contribution is -2.37. The average molecular weight is 367 g/mol. The number of thiophene rings is 1. The molecule has 134 valence electrons. The topological polar surface area (TPSA) is 59.0 Å². The fourth-order valence-electron chi connectivity index (χ4n) is 3.48. The Morgan fingerprint density at radius 3 is 2.85 bits per heavy atom. The van der Waals surface area contributed by atoms with Crippen LogP contribution >= 0.6 is 11.3 Å². The first kappa shape index (κ1) is 15.6. The predicted octanol–water partition coefficient (Wildman–Crippen LogP) is 3.77. The molecule has 1 aromatic carbocycles.